The lowest BCUT2D eigenvalue weighted by molar-refractivity contribution is -0.123. The molecule has 4 aromatic carbocycles. The highest BCUT2D eigenvalue weighted by Crippen LogP contribution is 2.49. The molecular weight excluding hydrogens is 564 g/mol. The maximum absolute atomic E-state index is 13.1. The van der Waals surface area contributed by atoms with Crippen molar-refractivity contribution in [3.63, 3.8) is 0 Å². The number of halogens is 1. The Hall–Kier alpha value is -4.87. The Morgan fingerprint density at radius 2 is 1.68 bits per heavy atom. The quantitative estimate of drug-likeness (QED) is 0.113. The van der Waals surface area contributed by atoms with Crippen LogP contribution in [0.2, 0.25) is 0 Å². The van der Waals surface area contributed by atoms with Gasteiger partial charge in [0.1, 0.15) is 34.0 Å². The van der Waals surface area contributed by atoms with E-state index in [1.807, 2.05) is 30.3 Å². The summed E-state index contributed by atoms with van der Waals surface area (Å²) in [5.41, 5.74) is 2.70. The van der Waals surface area contributed by atoms with Crippen LogP contribution in [-0.4, -0.2) is 33.6 Å². The number of thiazole rings is 1. The zero-order chi connectivity index (χ0) is 28.5. The third-order valence-corrected chi connectivity index (χ3v) is 7.81. The van der Waals surface area contributed by atoms with Crippen LogP contribution >= 0.6 is 22.9 Å². The van der Waals surface area contributed by atoms with Crippen molar-refractivity contribution in [2.24, 2.45) is 20.5 Å². The maximum atomic E-state index is 13.1. The molecule has 1 fully saturated rings. The molecule has 1 aliphatic heterocycles. The first-order valence-corrected chi connectivity index (χ1v) is 13.6. The fraction of sp³-hybridized carbons (Fsp3) is 0.103. The number of nitrogens with zero attached hydrogens (tertiary/aromatic N) is 6. The molecule has 2 unspecified atom stereocenters. The Morgan fingerprint density at radius 1 is 0.902 bits per heavy atom. The number of aromatic nitrogens is 1. The first-order chi connectivity index (χ1) is 19.9. The number of para-hydroxylation sites is 2. The summed E-state index contributed by atoms with van der Waals surface area (Å²) in [6, 6.07) is 23.1. The molecule has 0 aliphatic carbocycles. The standard InChI is InChI=1S/C29H21ClN6O4S/c1-40-24-8-4-2-6-20(24)34-33-19-12-11-17(37)15-22(19)36-27(26(30)28(36)39)18-14-16(10-13-23(18)38)32-35-29-31-21-7-3-5-9-25(21)41-29/h2-15,26-27,37-38H,1H3. The molecule has 0 bridgehead atoms. The number of alkyl halides is 1. The Kier molecular flexibility index (Phi) is 7.04. The Bertz CT molecular complexity index is 1810. The zero-order valence-electron chi connectivity index (χ0n) is 21.4. The van der Waals surface area contributed by atoms with Crippen LogP contribution in [0.3, 0.4) is 0 Å². The van der Waals surface area contributed by atoms with Crippen LogP contribution in [0.15, 0.2) is 105 Å². The molecule has 2 atom stereocenters. The van der Waals surface area contributed by atoms with E-state index in [2.05, 4.69) is 25.4 Å². The van der Waals surface area contributed by atoms with Gasteiger partial charge in [0.25, 0.3) is 0 Å². The van der Waals surface area contributed by atoms with Gasteiger partial charge in [-0.2, -0.15) is 0 Å². The van der Waals surface area contributed by atoms with Crippen molar-refractivity contribution < 1.29 is 19.7 Å². The van der Waals surface area contributed by atoms with E-state index < -0.39 is 17.3 Å². The number of phenols is 2. The summed E-state index contributed by atoms with van der Waals surface area (Å²) in [4.78, 5) is 18.9. The number of anilines is 1. The van der Waals surface area contributed by atoms with E-state index in [-0.39, 0.29) is 17.2 Å². The van der Waals surface area contributed by atoms with Crippen LogP contribution in [0.5, 0.6) is 17.2 Å². The molecule has 0 radical (unpaired) electrons. The molecule has 2 N–H and O–H groups in total. The van der Waals surface area contributed by atoms with Crippen molar-refractivity contribution in [1.29, 1.82) is 0 Å². The monoisotopic (exact) mass is 584 g/mol. The number of ether oxygens (including phenoxy) is 1. The Balaban J connectivity index is 1.34. The number of benzene rings is 4. The molecule has 10 nitrogen and oxygen atoms in total. The Labute approximate surface area is 242 Å². The molecule has 1 aromatic heterocycles. The molecule has 0 saturated carbocycles. The minimum absolute atomic E-state index is 0.0746. The number of azo groups is 2. The van der Waals surface area contributed by atoms with E-state index in [4.69, 9.17) is 16.3 Å². The molecule has 12 heteroatoms. The number of carbonyl (C=O) groups excluding carboxylic acids is 1. The van der Waals surface area contributed by atoms with E-state index in [0.717, 1.165) is 10.2 Å². The lowest BCUT2D eigenvalue weighted by Gasteiger charge is -2.44. The largest absolute Gasteiger partial charge is 0.508 e. The molecule has 1 aliphatic rings. The number of phenolic OH excluding ortho intramolecular Hbond substituents is 2. The summed E-state index contributed by atoms with van der Waals surface area (Å²) < 4.78 is 6.33. The molecule has 5 aromatic rings. The third kappa shape index (κ3) is 5.08. The number of carbonyl (C=O) groups is 1. The minimum Gasteiger partial charge on any atom is -0.508 e. The number of aromatic hydroxyl groups is 2. The summed E-state index contributed by atoms with van der Waals surface area (Å²) in [7, 11) is 1.53. The molecule has 41 heavy (non-hydrogen) atoms. The van der Waals surface area contributed by atoms with Crippen molar-refractivity contribution in [2.45, 2.75) is 11.4 Å². The van der Waals surface area contributed by atoms with Gasteiger partial charge in [-0.1, -0.05) is 35.6 Å². The fourth-order valence-electron chi connectivity index (χ4n) is 4.47. The van der Waals surface area contributed by atoms with Gasteiger partial charge in [0.05, 0.1) is 34.7 Å². The topological polar surface area (TPSA) is 132 Å². The van der Waals surface area contributed by atoms with Crippen molar-refractivity contribution in [3.05, 3.63) is 90.5 Å². The second-order valence-corrected chi connectivity index (χ2v) is 10.5. The normalized spacial score (nSPS) is 17.0. The van der Waals surface area contributed by atoms with Gasteiger partial charge < -0.3 is 14.9 Å². The van der Waals surface area contributed by atoms with Crippen LogP contribution < -0.4 is 9.64 Å². The van der Waals surface area contributed by atoms with Gasteiger partial charge in [-0.25, -0.2) is 4.98 Å². The summed E-state index contributed by atoms with van der Waals surface area (Å²) in [5, 5.41) is 37.7. The van der Waals surface area contributed by atoms with E-state index in [0.29, 0.717) is 33.5 Å². The van der Waals surface area contributed by atoms with Gasteiger partial charge in [0.15, 0.2) is 0 Å². The number of amides is 1. The molecule has 0 spiro atoms. The van der Waals surface area contributed by atoms with Crippen LogP contribution in [0.25, 0.3) is 10.2 Å². The van der Waals surface area contributed by atoms with Gasteiger partial charge in [-0.3, -0.25) is 9.69 Å². The SMILES string of the molecule is COc1ccccc1N=Nc1ccc(O)cc1N1C(=O)C(Cl)C1c1cc(N=Nc2nc3ccccc3s2)ccc1O. The van der Waals surface area contributed by atoms with Crippen LogP contribution in [0.4, 0.5) is 27.9 Å². The highest BCUT2D eigenvalue weighted by Gasteiger charge is 2.50. The van der Waals surface area contributed by atoms with Crippen molar-refractivity contribution >= 4 is 66.9 Å². The van der Waals surface area contributed by atoms with Gasteiger partial charge in [0.2, 0.25) is 11.0 Å². The first-order valence-electron chi connectivity index (χ1n) is 12.4. The average molecular weight is 585 g/mol. The van der Waals surface area contributed by atoms with Crippen molar-refractivity contribution in [2.75, 3.05) is 12.0 Å². The van der Waals surface area contributed by atoms with Gasteiger partial charge in [-0.05, 0) is 54.6 Å². The number of hydrogen-bond acceptors (Lipinski definition) is 10. The number of β-lactam (4-membered cyclic amide) rings is 1. The lowest BCUT2D eigenvalue weighted by atomic mass is 9.91. The smallest absolute Gasteiger partial charge is 0.248 e. The van der Waals surface area contributed by atoms with Gasteiger partial charge in [0, 0.05) is 11.6 Å². The molecule has 1 amide bonds. The molecule has 204 valence electrons. The van der Waals surface area contributed by atoms with Gasteiger partial charge in [-0.15, -0.1) is 32.1 Å². The first kappa shape index (κ1) is 26.4. The molecular formula is C29H21ClN6O4S. The van der Waals surface area contributed by atoms with E-state index in [1.54, 1.807) is 30.3 Å². The summed E-state index contributed by atoms with van der Waals surface area (Å²) >= 11 is 7.90. The molecule has 1 saturated heterocycles. The predicted octanol–water partition coefficient (Wildman–Crippen LogP) is 8.24. The molecule has 2 heterocycles. The van der Waals surface area contributed by atoms with Crippen molar-refractivity contribution in [1.82, 2.24) is 4.98 Å². The number of methoxy groups -OCH3 is 1. The Morgan fingerprint density at radius 3 is 2.51 bits per heavy atom. The predicted molar refractivity (Wildman–Crippen MR) is 157 cm³/mol. The van der Waals surface area contributed by atoms with E-state index in [1.165, 1.54) is 47.6 Å². The summed E-state index contributed by atoms with van der Waals surface area (Å²) in [6.45, 7) is 0. The molecule has 6 rings (SSSR count). The highest BCUT2D eigenvalue weighted by atomic mass is 35.5. The van der Waals surface area contributed by atoms with E-state index >= 15 is 0 Å². The van der Waals surface area contributed by atoms with Crippen LogP contribution in [-0.2, 0) is 4.79 Å². The second kappa shape index (κ2) is 11.0. The summed E-state index contributed by atoms with van der Waals surface area (Å²) in [6.07, 6.45) is 0. The average Bonchev–Trinajstić information content (AvgIpc) is 3.42. The number of hydrogen-bond donors (Lipinski definition) is 2. The number of rotatable bonds is 7. The van der Waals surface area contributed by atoms with Crippen molar-refractivity contribution in [3.8, 4) is 17.2 Å². The summed E-state index contributed by atoms with van der Waals surface area (Å²) in [5.74, 6) is -0.0492. The minimum atomic E-state index is -0.973. The van der Waals surface area contributed by atoms with Crippen LogP contribution in [0.1, 0.15) is 11.6 Å². The third-order valence-electron chi connectivity index (χ3n) is 6.46. The van der Waals surface area contributed by atoms with E-state index in [9.17, 15) is 15.0 Å². The highest BCUT2D eigenvalue weighted by molar-refractivity contribution is 7.21. The maximum Gasteiger partial charge on any atom is 0.248 e. The van der Waals surface area contributed by atoms with Gasteiger partial charge >= 0.3 is 0 Å². The lowest BCUT2D eigenvalue weighted by Crippen LogP contribution is -2.56. The zero-order valence-corrected chi connectivity index (χ0v) is 23.0. The fourth-order valence-corrected chi connectivity index (χ4v) is 5.61. The second-order valence-electron chi connectivity index (χ2n) is 9.01. The number of fused-ring (bicyclic) bond motifs is 1. The van der Waals surface area contributed by atoms with Crippen LogP contribution in [0, 0.1) is 0 Å².